The van der Waals surface area contributed by atoms with Gasteiger partial charge in [-0.1, -0.05) is 6.42 Å². The number of hydrogen-bond donors (Lipinski definition) is 2. The molecule has 0 aliphatic heterocycles. The minimum absolute atomic E-state index is 0.217. The highest BCUT2D eigenvalue weighted by atomic mass is 19.1. The molecule has 2 atom stereocenters. The highest BCUT2D eigenvalue weighted by molar-refractivity contribution is 5.58. The Hall–Kier alpha value is -1.75. The van der Waals surface area contributed by atoms with Gasteiger partial charge >= 0.3 is 0 Å². The van der Waals surface area contributed by atoms with Crippen LogP contribution in [0, 0.1) is 11.6 Å². The summed E-state index contributed by atoms with van der Waals surface area (Å²) in [6.45, 7) is 0. The standard InChI is InChI=1S/C15H17F2N3/c16-11-4-10(5-12(17)7-11)14-8-19-15(20-14)9-2-1-3-13(18)6-9/h4-5,7-9,13H,1-3,6,18H2,(H,19,20). The zero-order valence-electron chi connectivity index (χ0n) is 11.1. The van der Waals surface area contributed by atoms with Gasteiger partial charge in [-0.2, -0.15) is 0 Å². The first-order valence-electron chi connectivity index (χ1n) is 6.89. The van der Waals surface area contributed by atoms with Crippen LogP contribution in [-0.2, 0) is 0 Å². The molecule has 3 N–H and O–H groups in total. The van der Waals surface area contributed by atoms with Crippen molar-refractivity contribution in [3.63, 3.8) is 0 Å². The van der Waals surface area contributed by atoms with E-state index >= 15 is 0 Å². The quantitative estimate of drug-likeness (QED) is 0.884. The van der Waals surface area contributed by atoms with Crippen LogP contribution in [0.5, 0.6) is 0 Å². The van der Waals surface area contributed by atoms with E-state index in [-0.39, 0.29) is 6.04 Å². The minimum Gasteiger partial charge on any atom is -0.342 e. The number of benzene rings is 1. The summed E-state index contributed by atoms with van der Waals surface area (Å²) in [4.78, 5) is 7.53. The van der Waals surface area contributed by atoms with Gasteiger partial charge in [0.1, 0.15) is 17.5 Å². The second-order valence-corrected chi connectivity index (χ2v) is 5.46. The van der Waals surface area contributed by atoms with Crippen molar-refractivity contribution in [1.82, 2.24) is 9.97 Å². The van der Waals surface area contributed by atoms with Crippen molar-refractivity contribution in [1.29, 1.82) is 0 Å². The first kappa shape index (κ1) is 13.2. The van der Waals surface area contributed by atoms with Crippen LogP contribution in [0.4, 0.5) is 8.78 Å². The number of H-pyrrole nitrogens is 1. The molecular weight excluding hydrogens is 260 g/mol. The monoisotopic (exact) mass is 277 g/mol. The molecule has 1 aliphatic rings. The molecule has 1 fully saturated rings. The summed E-state index contributed by atoms with van der Waals surface area (Å²) in [6.07, 6.45) is 5.74. The number of aromatic amines is 1. The molecule has 0 radical (unpaired) electrons. The highest BCUT2D eigenvalue weighted by Crippen LogP contribution is 2.31. The van der Waals surface area contributed by atoms with Crippen LogP contribution in [0.15, 0.2) is 24.4 Å². The van der Waals surface area contributed by atoms with Crippen molar-refractivity contribution in [2.45, 2.75) is 37.6 Å². The van der Waals surface area contributed by atoms with Crippen molar-refractivity contribution in [2.75, 3.05) is 0 Å². The number of rotatable bonds is 2. The van der Waals surface area contributed by atoms with Gasteiger partial charge in [0.05, 0.1) is 11.9 Å². The van der Waals surface area contributed by atoms with Gasteiger partial charge in [-0.15, -0.1) is 0 Å². The molecule has 1 aromatic carbocycles. The van der Waals surface area contributed by atoms with Gasteiger partial charge in [-0.25, -0.2) is 13.8 Å². The van der Waals surface area contributed by atoms with E-state index in [0.717, 1.165) is 37.6 Å². The predicted octanol–water partition coefficient (Wildman–Crippen LogP) is 3.34. The maximum absolute atomic E-state index is 13.2. The lowest BCUT2D eigenvalue weighted by Gasteiger charge is -2.24. The zero-order valence-corrected chi connectivity index (χ0v) is 11.1. The van der Waals surface area contributed by atoms with E-state index in [0.29, 0.717) is 17.2 Å². The van der Waals surface area contributed by atoms with Crippen LogP contribution in [0.25, 0.3) is 11.3 Å². The Kier molecular flexibility index (Phi) is 3.53. The third-order valence-electron chi connectivity index (χ3n) is 3.87. The molecule has 5 heteroatoms. The number of halogens is 2. The molecule has 0 saturated heterocycles. The topological polar surface area (TPSA) is 54.7 Å². The normalized spacial score (nSPS) is 22.9. The molecule has 3 nitrogen and oxygen atoms in total. The van der Waals surface area contributed by atoms with Crippen LogP contribution >= 0.6 is 0 Å². The molecule has 1 aliphatic carbocycles. The molecule has 20 heavy (non-hydrogen) atoms. The first-order chi connectivity index (χ1) is 9.61. The summed E-state index contributed by atoms with van der Waals surface area (Å²) >= 11 is 0. The average Bonchev–Trinajstić information content (AvgIpc) is 2.87. The van der Waals surface area contributed by atoms with Crippen LogP contribution in [-0.4, -0.2) is 16.0 Å². The number of hydrogen-bond acceptors (Lipinski definition) is 2. The maximum atomic E-state index is 13.2. The second-order valence-electron chi connectivity index (χ2n) is 5.46. The van der Waals surface area contributed by atoms with Crippen LogP contribution in [0.1, 0.15) is 37.4 Å². The lowest BCUT2D eigenvalue weighted by atomic mass is 9.86. The Balaban J connectivity index is 1.86. The van der Waals surface area contributed by atoms with E-state index in [4.69, 9.17) is 5.73 Å². The summed E-state index contributed by atoms with van der Waals surface area (Å²) in [5.41, 5.74) is 7.09. The summed E-state index contributed by atoms with van der Waals surface area (Å²) < 4.78 is 26.5. The summed E-state index contributed by atoms with van der Waals surface area (Å²) in [5.74, 6) is -0.00240. The molecule has 2 aromatic rings. The summed E-state index contributed by atoms with van der Waals surface area (Å²) in [5, 5.41) is 0. The number of nitrogens with one attached hydrogen (secondary N) is 1. The zero-order chi connectivity index (χ0) is 14.1. The van der Waals surface area contributed by atoms with Gasteiger partial charge in [-0.3, -0.25) is 0 Å². The molecule has 3 rings (SSSR count). The molecule has 0 amide bonds. The van der Waals surface area contributed by atoms with E-state index in [1.54, 1.807) is 6.20 Å². The van der Waals surface area contributed by atoms with Crippen molar-refractivity contribution in [3.05, 3.63) is 41.9 Å². The molecule has 0 bridgehead atoms. The fraction of sp³-hybridized carbons (Fsp3) is 0.400. The van der Waals surface area contributed by atoms with Gasteiger partial charge in [0.15, 0.2) is 0 Å². The van der Waals surface area contributed by atoms with Gasteiger partial charge in [0.2, 0.25) is 0 Å². The van der Waals surface area contributed by atoms with E-state index in [1.165, 1.54) is 12.1 Å². The lowest BCUT2D eigenvalue weighted by Crippen LogP contribution is -2.27. The molecule has 1 aromatic heterocycles. The third kappa shape index (κ3) is 2.72. The second kappa shape index (κ2) is 5.32. The molecule has 0 spiro atoms. The molecule has 1 saturated carbocycles. The SMILES string of the molecule is NC1CCCC(c2ncc(-c3cc(F)cc(F)c3)[nH]2)C1. The Morgan fingerprint density at radius 2 is 1.90 bits per heavy atom. The predicted molar refractivity (Wildman–Crippen MR) is 73.1 cm³/mol. The minimum atomic E-state index is -0.587. The van der Waals surface area contributed by atoms with E-state index in [9.17, 15) is 8.78 Å². The Morgan fingerprint density at radius 3 is 2.60 bits per heavy atom. The van der Waals surface area contributed by atoms with Gasteiger partial charge in [0.25, 0.3) is 0 Å². The van der Waals surface area contributed by atoms with E-state index in [1.807, 2.05) is 0 Å². The first-order valence-corrected chi connectivity index (χ1v) is 6.89. The number of imidazole rings is 1. The van der Waals surface area contributed by atoms with Gasteiger partial charge < -0.3 is 10.7 Å². The van der Waals surface area contributed by atoms with Crippen LogP contribution in [0.3, 0.4) is 0 Å². The van der Waals surface area contributed by atoms with E-state index in [2.05, 4.69) is 9.97 Å². The van der Waals surface area contributed by atoms with Crippen molar-refractivity contribution >= 4 is 0 Å². The Bertz CT molecular complexity index is 589. The molecule has 1 heterocycles. The van der Waals surface area contributed by atoms with Crippen molar-refractivity contribution in [2.24, 2.45) is 5.73 Å². The maximum Gasteiger partial charge on any atom is 0.126 e. The Labute approximate surface area is 116 Å². The number of nitrogens with two attached hydrogens (primary N) is 1. The smallest absolute Gasteiger partial charge is 0.126 e. The fourth-order valence-electron chi connectivity index (χ4n) is 2.88. The lowest BCUT2D eigenvalue weighted by molar-refractivity contribution is 0.383. The van der Waals surface area contributed by atoms with Crippen LogP contribution < -0.4 is 5.73 Å². The van der Waals surface area contributed by atoms with Gasteiger partial charge in [-0.05, 0) is 31.4 Å². The fourth-order valence-corrected chi connectivity index (χ4v) is 2.88. The summed E-state index contributed by atoms with van der Waals surface area (Å²) in [7, 11) is 0. The number of aromatic nitrogens is 2. The molecule has 2 unspecified atom stereocenters. The Morgan fingerprint density at radius 1 is 1.15 bits per heavy atom. The van der Waals surface area contributed by atoms with E-state index < -0.39 is 11.6 Å². The highest BCUT2D eigenvalue weighted by Gasteiger charge is 2.23. The van der Waals surface area contributed by atoms with Crippen LogP contribution in [0.2, 0.25) is 0 Å². The summed E-state index contributed by atoms with van der Waals surface area (Å²) in [6, 6.07) is 3.68. The average molecular weight is 277 g/mol. The molecular formula is C15H17F2N3. The third-order valence-corrected chi connectivity index (χ3v) is 3.87. The van der Waals surface area contributed by atoms with Crippen molar-refractivity contribution in [3.8, 4) is 11.3 Å². The molecule has 106 valence electrons. The number of nitrogens with zero attached hydrogens (tertiary/aromatic N) is 1. The largest absolute Gasteiger partial charge is 0.342 e. The van der Waals surface area contributed by atoms with Gasteiger partial charge in [0, 0.05) is 23.6 Å². The van der Waals surface area contributed by atoms with Crippen molar-refractivity contribution < 1.29 is 8.78 Å².